The SMILES string of the molecule is [Cl][Fe-]([Cl])([Cl])[Cl].c1csc(-c2nc(N3CCOCC3)nc(=[N+]3CCOCC3)o2)c1. The van der Waals surface area contributed by atoms with E-state index >= 15 is 0 Å². The zero-order chi connectivity index (χ0) is 20.0. The fourth-order valence-electron chi connectivity index (χ4n) is 2.63. The summed E-state index contributed by atoms with van der Waals surface area (Å²) in [5, 5.41) is 2.02. The molecule has 0 unspecified atom stereocenters. The predicted molar refractivity (Wildman–Crippen MR) is 110 cm³/mol. The van der Waals surface area contributed by atoms with Crippen LogP contribution in [-0.2, 0) is 18.7 Å². The number of anilines is 1. The third-order valence-electron chi connectivity index (χ3n) is 3.89. The Kier molecular flexibility index (Phi) is 8.71. The van der Waals surface area contributed by atoms with Crippen molar-refractivity contribution in [2.45, 2.75) is 0 Å². The average Bonchev–Trinajstić information content (AvgIpc) is 3.23. The van der Waals surface area contributed by atoms with Crippen LogP contribution in [0.2, 0.25) is 0 Å². The number of ether oxygens (including phenoxy) is 2. The van der Waals surface area contributed by atoms with E-state index in [4.69, 9.17) is 54.3 Å². The Bertz CT molecular complexity index is 811. The smallest absolute Gasteiger partial charge is 0.378 e. The van der Waals surface area contributed by atoms with Crippen LogP contribution in [0, 0.1) is 0 Å². The topological polar surface area (TPSA) is 63.6 Å². The molecule has 0 aliphatic carbocycles. The second-order valence-corrected chi connectivity index (χ2v) is 17.6. The molecule has 2 aromatic rings. The monoisotopic (exact) mass is 531 g/mol. The van der Waals surface area contributed by atoms with Crippen LogP contribution >= 0.6 is 51.7 Å². The van der Waals surface area contributed by atoms with Crippen LogP contribution in [0.4, 0.5) is 5.95 Å². The molecule has 7 nitrogen and oxygen atoms in total. The minimum absolute atomic E-state index is 0.619. The van der Waals surface area contributed by atoms with Crippen LogP contribution in [0.1, 0.15) is 0 Å². The van der Waals surface area contributed by atoms with E-state index in [0.717, 1.165) is 31.1 Å². The van der Waals surface area contributed by atoms with Crippen molar-refractivity contribution in [3.05, 3.63) is 23.2 Å². The van der Waals surface area contributed by atoms with Crippen LogP contribution in [0.15, 0.2) is 21.9 Å². The average molecular weight is 533 g/mol. The van der Waals surface area contributed by atoms with Crippen LogP contribution in [0.3, 0.4) is 0 Å². The van der Waals surface area contributed by atoms with Crippen molar-refractivity contribution in [3.63, 3.8) is 0 Å². The standard InChI is InChI=1S/C15H19N4O3S.4ClH.Fe/c1-2-12(23-11-1)13-16-14(18-3-7-20-8-4-18)17-15(22-13)19-5-9-21-10-6-19;;;;;/h1-2,11H,3-10H2;4*1H;/q+1;;;;;+3/p-4. The maximum atomic E-state index is 5.99. The first-order chi connectivity index (χ1) is 13.4. The van der Waals surface area contributed by atoms with Gasteiger partial charge in [-0.25, -0.2) is 4.58 Å². The molecule has 0 spiro atoms. The first-order valence-corrected chi connectivity index (χ1v) is 15.3. The molecule has 0 saturated carbocycles. The predicted octanol–water partition coefficient (Wildman–Crippen LogP) is 3.19. The maximum Gasteiger partial charge on any atom is 0.504 e. The van der Waals surface area contributed by atoms with Crippen molar-refractivity contribution >= 4 is 57.7 Å². The summed E-state index contributed by atoms with van der Waals surface area (Å²) in [7, 11) is 17.2. The molecule has 0 radical (unpaired) electrons. The summed E-state index contributed by atoms with van der Waals surface area (Å²) in [4.78, 5) is 12.5. The van der Waals surface area contributed by atoms with E-state index < -0.39 is 9.20 Å². The molecule has 2 fully saturated rings. The third-order valence-corrected chi connectivity index (χ3v) is 4.75. The number of hydrogen-bond acceptors (Lipinski definition) is 7. The molecule has 0 N–H and O–H groups in total. The molecule has 13 heteroatoms. The second-order valence-electron chi connectivity index (χ2n) is 5.69. The van der Waals surface area contributed by atoms with Gasteiger partial charge in [-0.2, -0.15) is 4.98 Å². The summed E-state index contributed by atoms with van der Waals surface area (Å²) in [6, 6.07) is 4.02. The van der Waals surface area contributed by atoms with Gasteiger partial charge in [0.1, 0.15) is 13.1 Å². The van der Waals surface area contributed by atoms with Crippen molar-refractivity contribution in [1.82, 2.24) is 14.5 Å². The summed E-state index contributed by atoms with van der Waals surface area (Å²) in [6.07, 6.45) is 0. The van der Waals surface area contributed by atoms with E-state index in [9.17, 15) is 0 Å². The molecule has 2 aliphatic heterocycles. The van der Waals surface area contributed by atoms with Gasteiger partial charge in [0.05, 0.1) is 31.3 Å². The molecular weight excluding hydrogens is 514 g/mol. The molecule has 0 atom stereocenters. The summed E-state index contributed by atoms with van der Waals surface area (Å²) >= 11 is 1.62. The van der Waals surface area contributed by atoms with E-state index in [1.807, 2.05) is 17.5 Å². The summed E-state index contributed by atoms with van der Waals surface area (Å²) < 4.78 is 19.0. The minimum atomic E-state index is -2.61. The molecule has 159 valence electrons. The van der Waals surface area contributed by atoms with Crippen molar-refractivity contribution in [1.29, 1.82) is 0 Å². The van der Waals surface area contributed by atoms with Gasteiger partial charge in [-0.1, -0.05) is 6.07 Å². The summed E-state index contributed by atoms with van der Waals surface area (Å²) in [6.45, 7) is 5.97. The molecule has 0 amide bonds. The van der Waals surface area contributed by atoms with Crippen LogP contribution < -0.4 is 15.2 Å². The quantitative estimate of drug-likeness (QED) is 0.437. The largest absolute Gasteiger partial charge is 0.504 e. The van der Waals surface area contributed by atoms with Gasteiger partial charge in [0.15, 0.2) is 0 Å². The second kappa shape index (κ2) is 10.8. The Morgan fingerprint density at radius 2 is 1.64 bits per heavy atom. The fourth-order valence-corrected chi connectivity index (χ4v) is 3.28. The van der Waals surface area contributed by atoms with E-state index in [1.165, 1.54) is 0 Å². The molecule has 2 aliphatic rings. The summed E-state index contributed by atoms with van der Waals surface area (Å²) in [5.74, 6) is 1.34. The van der Waals surface area contributed by atoms with Gasteiger partial charge < -0.3 is 18.8 Å². The molecule has 2 saturated heterocycles. The third kappa shape index (κ3) is 7.31. The fraction of sp³-hybridized carbons (Fsp3) is 0.533. The Morgan fingerprint density at radius 1 is 1.00 bits per heavy atom. The van der Waals surface area contributed by atoms with Crippen LogP contribution in [0.25, 0.3) is 10.8 Å². The molecule has 28 heavy (non-hydrogen) atoms. The van der Waals surface area contributed by atoms with Gasteiger partial charge in [0.2, 0.25) is 5.89 Å². The van der Waals surface area contributed by atoms with E-state index in [1.54, 1.807) is 11.3 Å². The van der Waals surface area contributed by atoms with Crippen molar-refractivity contribution < 1.29 is 23.1 Å². The van der Waals surface area contributed by atoms with Crippen molar-refractivity contribution in [2.75, 3.05) is 57.5 Å². The number of nitrogens with zero attached hydrogens (tertiary/aromatic N) is 4. The van der Waals surface area contributed by atoms with Gasteiger partial charge >= 0.3 is 61.2 Å². The Balaban J connectivity index is 0.000000403. The zero-order valence-corrected chi connectivity index (χ0v) is 19.6. The van der Waals surface area contributed by atoms with E-state index in [0.29, 0.717) is 44.0 Å². The molecule has 4 heterocycles. The van der Waals surface area contributed by atoms with Gasteiger partial charge in [0.25, 0.3) is 0 Å². The Labute approximate surface area is 185 Å². The van der Waals surface area contributed by atoms with Gasteiger partial charge in [-0.3, -0.25) is 0 Å². The van der Waals surface area contributed by atoms with Crippen LogP contribution in [-0.4, -0.2) is 62.6 Å². The molecule has 0 aromatic carbocycles. The normalized spacial score (nSPS) is 18.4. The first kappa shape index (κ1) is 22.6. The zero-order valence-electron chi connectivity index (χ0n) is 14.7. The van der Waals surface area contributed by atoms with Gasteiger partial charge in [0, 0.05) is 18.1 Å². The molecule has 0 bridgehead atoms. The number of rotatable bonds is 2. The Hall–Kier alpha value is -0.0905. The molecular formula is C15H19Cl4FeN4O3S. The first-order valence-electron chi connectivity index (χ1n) is 8.35. The number of morpholine rings is 2. The van der Waals surface area contributed by atoms with Crippen LogP contribution in [0.5, 0.6) is 0 Å². The number of thiophene rings is 1. The molecule has 4 rings (SSSR count). The number of halogens is 4. The minimum Gasteiger partial charge on any atom is -0.378 e. The van der Waals surface area contributed by atoms with Gasteiger partial charge in [-0.15, -0.1) is 11.3 Å². The molecule has 2 aromatic heterocycles. The van der Waals surface area contributed by atoms with E-state index in [-0.39, 0.29) is 0 Å². The number of aromatic nitrogens is 2. The number of hydrogen-bond donors (Lipinski definition) is 0. The summed E-state index contributed by atoms with van der Waals surface area (Å²) in [5.41, 5.74) is 0.619. The van der Waals surface area contributed by atoms with Crippen molar-refractivity contribution in [2.24, 2.45) is 0 Å². The Morgan fingerprint density at radius 3 is 2.25 bits per heavy atom. The van der Waals surface area contributed by atoms with E-state index in [2.05, 4.69) is 19.4 Å². The maximum absolute atomic E-state index is 5.99. The van der Waals surface area contributed by atoms with Crippen molar-refractivity contribution in [3.8, 4) is 10.8 Å². The van der Waals surface area contributed by atoms with Gasteiger partial charge in [-0.05, 0) is 11.4 Å².